The smallest absolute Gasteiger partial charge is 0.146 e. The Bertz CT molecular complexity index is 350. The third kappa shape index (κ3) is 2.53. The first kappa shape index (κ1) is 13.0. The Kier molecular flexibility index (Phi) is 4.30. The summed E-state index contributed by atoms with van der Waals surface area (Å²) in [6, 6.07) is 5.05. The van der Waals surface area contributed by atoms with Gasteiger partial charge in [-0.3, -0.25) is 0 Å². The fourth-order valence-corrected chi connectivity index (χ4v) is 1.95. The monoisotopic (exact) mass is 225 g/mol. The van der Waals surface area contributed by atoms with E-state index in [1.54, 1.807) is 19.1 Å². The molecule has 1 rings (SSSR count). The molecular formula is C13H20FNO. The molecule has 0 radical (unpaired) electrons. The molecule has 3 heteroatoms. The largest absolute Gasteiger partial charge is 0.389 e. The minimum absolute atomic E-state index is 0.208. The zero-order chi connectivity index (χ0) is 12.3. The molecule has 1 aromatic rings. The lowest BCUT2D eigenvalue weighted by Crippen LogP contribution is -2.32. The standard InChI is InChI=1S/C13H20FNO/c1-5-15(9(2)3)13-11(10(4)16)7-6-8-12(13)14/h6-10,16H,5H2,1-4H3. The molecule has 0 aliphatic carbocycles. The van der Waals surface area contributed by atoms with Gasteiger partial charge < -0.3 is 10.0 Å². The molecule has 1 atom stereocenters. The first-order chi connectivity index (χ1) is 7.49. The van der Waals surface area contributed by atoms with Crippen molar-refractivity contribution in [3.8, 4) is 0 Å². The molecule has 0 saturated heterocycles. The first-order valence-electron chi connectivity index (χ1n) is 5.72. The maximum Gasteiger partial charge on any atom is 0.146 e. The molecule has 0 saturated carbocycles. The fraction of sp³-hybridized carbons (Fsp3) is 0.538. The number of aliphatic hydroxyl groups excluding tert-OH is 1. The molecule has 1 aromatic carbocycles. The van der Waals surface area contributed by atoms with Crippen LogP contribution >= 0.6 is 0 Å². The number of halogens is 1. The van der Waals surface area contributed by atoms with Crippen LogP contribution in [-0.2, 0) is 0 Å². The number of aliphatic hydroxyl groups is 1. The highest BCUT2D eigenvalue weighted by atomic mass is 19.1. The maximum absolute atomic E-state index is 13.9. The number of anilines is 1. The second-order valence-electron chi connectivity index (χ2n) is 4.23. The zero-order valence-electron chi connectivity index (χ0n) is 10.4. The van der Waals surface area contributed by atoms with Gasteiger partial charge in [-0.25, -0.2) is 4.39 Å². The fourth-order valence-electron chi connectivity index (χ4n) is 1.95. The molecule has 0 amide bonds. The molecule has 90 valence electrons. The molecule has 0 heterocycles. The number of benzene rings is 1. The third-order valence-electron chi connectivity index (χ3n) is 2.72. The van der Waals surface area contributed by atoms with Crippen LogP contribution in [-0.4, -0.2) is 17.7 Å². The van der Waals surface area contributed by atoms with Crippen molar-refractivity contribution >= 4 is 5.69 Å². The first-order valence-corrected chi connectivity index (χ1v) is 5.72. The summed E-state index contributed by atoms with van der Waals surface area (Å²) in [6.07, 6.45) is -0.654. The molecule has 2 nitrogen and oxygen atoms in total. The minimum atomic E-state index is -0.654. The van der Waals surface area contributed by atoms with Crippen molar-refractivity contribution < 1.29 is 9.50 Å². The van der Waals surface area contributed by atoms with Gasteiger partial charge in [-0.05, 0) is 33.8 Å². The van der Waals surface area contributed by atoms with Crippen molar-refractivity contribution in [3.63, 3.8) is 0 Å². The van der Waals surface area contributed by atoms with Crippen molar-refractivity contribution in [1.82, 2.24) is 0 Å². The second kappa shape index (κ2) is 5.30. The average Bonchev–Trinajstić information content (AvgIpc) is 2.20. The molecule has 16 heavy (non-hydrogen) atoms. The van der Waals surface area contributed by atoms with Gasteiger partial charge in [0, 0.05) is 18.2 Å². The van der Waals surface area contributed by atoms with Gasteiger partial charge in [-0.15, -0.1) is 0 Å². The maximum atomic E-state index is 13.9. The number of rotatable bonds is 4. The van der Waals surface area contributed by atoms with Gasteiger partial charge in [-0.1, -0.05) is 12.1 Å². The van der Waals surface area contributed by atoms with E-state index in [0.717, 1.165) is 6.54 Å². The molecule has 0 aromatic heterocycles. The zero-order valence-corrected chi connectivity index (χ0v) is 10.4. The number of hydrogen-bond donors (Lipinski definition) is 1. The Balaban J connectivity index is 3.28. The van der Waals surface area contributed by atoms with Crippen LogP contribution in [0.25, 0.3) is 0 Å². The van der Waals surface area contributed by atoms with Gasteiger partial charge in [0.2, 0.25) is 0 Å². The lowest BCUT2D eigenvalue weighted by molar-refractivity contribution is 0.199. The summed E-state index contributed by atoms with van der Waals surface area (Å²) in [7, 11) is 0. The molecule has 0 aliphatic heterocycles. The Hall–Kier alpha value is -1.09. The van der Waals surface area contributed by atoms with Crippen molar-refractivity contribution in [1.29, 1.82) is 0 Å². The van der Waals surface area contributed by atoms with Crippen LogP contribution in [0.2, 0.25) is 0 Å². The summed E-state index contributed by atoms with van der Waals surface area (Å²) < 4.78 is 13.9. The van der Waals surface area contributed by atoms with E-state index in [2.05, 4.69) is 0 Å². The number of hydrogen-bond acceptors (Lipinski definition) is 2. The third-order valence-corrected chi connectivity index (χ3v) is 2.72. The normalized spacial score (nSPS) is 12.9. The van der Waals surface area contributed by atoms with Gasteiger partial charge in [0.15, 0.2) is 0 Å². The van der Waals surface area contributed by atoms with Gasteiger partial charge in [0.1, 0.15) is 5.82 Å². The van der Waals surface area contributed by atoms with Crippen molar-refractivity contribution in [2.75, 3.05) is 11.4 Å². The topological polar surface area (TPSA) is 23.5 Å². The molecule has 0 fully saturated rings. The molecule has 0 aliphatic rings. The predicted molar refractivity (Wildman–Crippen MR) is 65.2 cm³/mol. The molecule has 0 bridgehead atoms. The summed E-state index contributed by atoms with van der Waals surface area (Å²) in [5, 5.41) is 9.66. The highest BCUT2D eigenvalue weighted by Gasteiger charge is 2.19. The Morgan fingerprint density at radius 3 is 2.38 bits per heavy atom. The molecule has 1 N–H and O–H groups in total. The van der Waals surface area contributed by atoms with E-state index < -0.39 is 6.10 Å². The van der Waals surface area contributed by atoms with Crippen LogP contribution < -0.4 is 4.90 Å². The van der Waals surface area contributed by atoms with Crippen LogP contribution in [0.5, 0.6) is 0 Å². The van der Waals surface area contributed by atoms with Gasteiger partial charge in [0.25, 0.3) is 0 Å². The quantitative estimate of drug-likeness (QED) is 0.851. The summed E-state index contributed by atoms with van der Waals surface area (Å²) >= 11 is 0. The van der Waals surface area contributed by atoms with Crippen LogP contribution in [0, 0.1) is 5.82 Å². The predicted octanol–water partition coefficient (Wildman–Crippen LogP) is 3.11. The van der Waals surface area contributed by atoms with E-state index in [1.165, 1.54) is 6.07 Å². The molecule has 1 unspecified atom stereocenters. The summed E-state index contributed by atoms with van der Waals surface area (Å²) in [6.45, 7) is 8.40. The highest BCUT2D eigenvalue weighted by Crippen LogP contribution is 2.30. The summed E-state index contributed by atoms with van der Waals surface area (Å²) in [5.74, 6) is -0.269. The van der Waals surface area contributed by atoms with Crippen molar-refractivity contribution in [2.24, 2.45) is 0 Å². The van der Waals surface area contributed by atoms with E-state index in [1.807, 2.05) is 25.7 Å². The van der Waals surface area contributed by atoms with Gasteiger partial charge in [-0.2, -0.15) is 0 Å². The minimum Gasteiger partial charge on any atom is -0.389 e. The summed E-state index contributed by atoms with van der Waals surface area (Å²) in [5.41, 5.74) is 1.17. The lowest BCUT2D eigenvalue weighted by Gasteiger charge is -2.30. The van der Waals surface area contributed by atoms with Gasteiger partial charge in [0.05, 0.1) is 11.8 Å². The van der Waals surface area contributed by atoms with Crippen LogP contribution in [0.3, 0.4) is 0 Å². The van der Waals surface area contributed by atoms with Crippen LogP contribution in [0.1, 0.15) is 39.4 Å². The Morgan fingerprint density at radius 1 is 1.31 bits per heavy atom. The Labute approximate surface area is 96.7 Å². The Morgan fingerprint density at radius 2 is 1.94 bits per heavy atom. The average molecular weight is 225 g/mol. The SMILES string of the molecule is CCN(c1c(F)cccc1C(C)O)C(C)C. The lowest BCUT2D eigenvalue weighted by atomic mass is 10.1. The van der Waals surface area contributed by atoms with Gasteiger partial charge >= 0.3 is 0 Å². The summed E-state index contributed by atoms with van der Waals surface area (Å²) in [4.78, 5) is 1.96. The second-order valence-corrected chi connectivity index (χ2v) is 4.23. The van der Waals surface area contributed by atoms with E-state index in [4.69, 9.17) is 0 Å². The van der Waals surface area contributed by atoms with E-state index >= 15 is 0 Å². The van der Waals surface area contributed by atoms with E-state index in [9.17, 15) is 9.50 Å². The molecular weight excluding hydrogens is 205 g/mol. The number of para-hydroxylation sites is 1. The highest BCUT2D eigenvalue weighted by molar-refractivity contribution is 5.56. The van der Waals surface area contributed by atoms with Crippen LogP contribution in [0.4, 0.5) is 10.1 Å². The van der Waals surface area contributed by atoms with Crippen molar-refractivity contribution in [2.45, 2.75) is 39.8 Å². The van der Waals surface area contributed by atoms with Crippen molar-refractivity contribution in [3.05, 3.63) is 29.6 Å². The van der Waals surface area contributed by atoms with E-state index in [0.29, 0.717) is 11.3 Å². The molecule has 0 spiro atoms. The van der Waals surface area contributed by atoms with Crippen LogP contribution in [0.15, 0.2) is 18.2 Å². The number of nitrogens with zero attached hydrogens (tertiary/aromatic N) is 1. The van der Waals surface area contributed by atoms with E-state index in [-0.39, 0.29) is 11.9 Å².